The van der Waals surface area contributed by atoms with E-state index in [1.807, 2.05) is 19.2 Å². The fourth-order valence-electron chi connectivity index (χ4n) is 2.59. The Morgan fingerprint density at radius 3 is 2.78 bits per heavy atom. The number of rotatable bonds is 5. The van der Waals surface area contributed by atoms with Gasteiger partial charge in [0.15, 0.2) is 0 Å². The van der Waals surface area contributed by atoms with Crippen LogP contribution >= 0.6 is 0 Å². The van der Waals surface area contributed by atoms with Gasteiger partial charge in [0.1, 0.15) is 0 Å². The largest absolute Gasteiger partial charge is 0.387 e. The summed E-state index contributed by atoms with van der Waals surface area (Å²) in [6, 6.07) is 8.34. The molecule has 3 nitrogen and oxygen atoms in total. The number of nitrogens with zero attached hydrogens (tertiary/aromatic N) is 1. The van der Waals surface area contributed by atoms with E-state index in [-0.39, 0.29) is 0 Å². The summed E-state index contributed by atoms with van der Waals surface area (Å²) < 4.78 is 0. The van der Waals surface area contributed by atoms with Crippen LogP contribution in [0, 0.1) is 0 Å². The highest BCUT2D eigenvalue weighted by molar-refractivity contribution is 5.25. The smallest absolute Gasteiger partial charge is 0.0914 e. The Kier molecular flexibility index (Phi) is 5.17. The maximum atomic E-state index is 9.97. The molecule has 0 spiro atoms. The molecule has 3 heteroatoms. The molecule has 0 bridgehead atoms. The topological polar surface area (TPSA) is 35.5 Å². The number of hydrogen-bond acceptors (Lipinski definition) is 3. The van der Waals surface area contributed by atoms with Crippen molar-refractivity contribution in [3.8, 4) is 0 Å². The van der Waals surface area contributed by atoms with E-state index in [1.54, 1.807) is 0 Å². The molecule has 0 radical (unpaired) electrons. The number of likely N-dealkylation sites (N-methyl/N-ethyl adjacent to an activating group) is 1. The molecule has 1 unspecified atom stereocenters. The van der Waals surface area contributed by atoms with E-state index in [4.69, 9.17) is 0 Å². The first-order valence-corrected chi connectivity index (χ1v) is 6.93. The summed E-state index contributed by atoms with van der Waals surface area (Å²) in [4.78, 5) is 2.51. The predicted molar refractivity (Wildman–Crippen MR) is 74.5 cm³/mol. The Balaban J connectivity index is 1.97. The van der Waals surface area contributed by atoms with E-state index < -0.39 is 6.10 Å². The third-order valence-corrected chi connectivity index (χ3v) is 3.59. The Morgan fingerprint density at radius 2 is 2.06 bits per heavy atom. The molecular formula is C15H24N2O. The minimum atomic E-state index is -0.406. The van der Waals surface area contributed by atoms with Crippen LogP contribution in [0.1, 0.15) is 36.5 Å². The van der Waals surface area contributed by atoms with Gasteiger partial charge in [-0.15, -0.1) is 0 Å². The minimum Gasteiger partial charge on any atom is -0.387 e. The summed E-state index contributed by atoms with van der Waals surface area (Å²) >= 11 is 0. The zero-order chi connectivity index (χ0) is 12.8. The SMILES string of the molecule is CNCC(O)c1cccc(CN2CCCCC2)c1. The molecule has 1 aromatic carbocycles. The average molecular weight is 248 g/mol. The summed E-state index contributed by atoms with van der Waals surface area (Å²) in [6.45, 7) is 4.04. The molecule has 1 heterocycles. The molecular weight excluding hydrogens is 224 g/mol. The van der Waals surface area contributed by atoms with E-state index >= 15 is 0 Å². The van der Waals surface area contributed by atoms with Crippen LogP contribution in [0.5, 0.6) is 0 Å². The maximum Gasteiger partial charge on any atom is 0.0914 e. The van der Waals surface area contributed by atoms with Crippen LogP contribution in [0.25, 0.3) is 0 Å². The van der Waals surface area contributed by atoms with Gasteiger partial charge >= 0.3 is 0 Å². The molecule has 1 aliphatic rings. The molecule has 0 aromatic heterocycles. The van der Waals surface area contributed by atoms with Crippen LogP contribution in [0.3, 0.4) is 0 Å². The van der Waals surface area contributed by atoms with Gasteiger partial charge in [-0.3, -0.25) is 4.90 Å². The first-order chi connectivity index (χ1) is 8.79. The maximum absolute atomic E-state index is 9.97. The van der Waals surface area contributed by atoms with Crippen molar-refractivity contribution < 1.29 is 5.11 Å². The molecule has 1 saturated heterocycles. The van der Waals surface area contributed by atoms with Crippen LogP contribution in [-0.2, 0) is 6.54 Å². The van der Waals surface area contributed by atoms with Crippen molar-refractivity contribution in [2.24, 2.45) is 0 Å². The van der Waals surface area contributed by atoms with E-state index in [9.17, 15) is 5.11 Å². The van der Waals surface area contributed by atoms with Gasteiger partial charge in [0.05, 0.1) is 6.10 Å². The number of piperidine rings is 1. The third-order valence-electron chi connectivity index (χ3n) is 3.59. The van der Waals surface area contributed by atoms with Crippen molar-refractivity contribution >= 4 is 0 Å². The molecule has 1 aliphatic heterocycles. The summed E-state index contributed by atoms with van der Waals surface area (Å²) in [7, 11) is 1.86. The highest BCUT2D eigenvalue weighted by Gasteiger charge is 2.12. The van der Waals surface area contributed by atoms with Crippen LogP contribution in [-0.4, -0.2) is 36.7 Å². The van der Waals surface area contributed by atoms with Gasteiger partial charge in [0.25, 0.3) is 0 Å². The van der Waals surface area contributed by atoms with Crippen molar-refractivity contribution in [1.29, 1.82) is 0 Å². The van der Waals surface area contributed by atoms with Gasteiger partial charge in [0.2, 0.25) is 0 Å². The molecule has 0 amide bonds. The van der Waals surface area contributed by atoms with Crippen LogP contribution in [0.15, 0.2) is 24.3 Å². The van der Waals surface area contributed by atoms with Crippen LogP contribution in [0.2, 0.25) is 0 Å². The normalized spacial score (nSPS) is 18.8. The fraction of sp³-hybridized carbons (Fsp3) is 0.600. The van der Waals surface area contributed by atoms with Gasteiger partial charge in [-0.2, -0.15) is 0 Å². The van der Waals surface area contributed by atoms with E-state index in [1.165, 1.54) is 37.9 Å². The second kappa shape index (κ2) is 6.88. The van der Waals surface area contributed by atoms with E-state index in [2.05, 4.69) is 22.3 Å². The molecule has 1 atom stereocenters. The second-order valence-corrected chi connectivity index (χ2v) is 5.16. The quantitative estimate of drug-likeness (QED) is 0.836. The Morgan fingerprint density at radius 1 is 1.28 bits per heavy atom. The summed E-state index contributed by atoms with van der Waals surface area (Å²) in [5.74, 6) is 0. The van der Waals surface area contributed by atoms with Gasteiger partial charge in [0, 0.05) is 13.1 Å². The van der Waals surface area contributed by atoms with Gasteiger partial charge in [-0.05, 0) is 44.1 Å². The lowest BCUT2D eigenvalue weighted by molar-refractivity contribution is 0.177. The Bertz CT molecular complexity index is 361. The lowest BCUT2D eigenvalue weighted by Crippen LogP contribution is -2.29. The first kappa shape index (κ1) is 13.5. The van der Waals surface area contributed by atoms with E-state index in [0.29, 0.717) is 6.54 Å². The van der Waals surface area contributed by atoms with Crippen LogP contribution in [0.4, 0.5) is 0 Å². The summed E-state index contributed by atoms with van der Waals surface area (Å²) in [5, 5.41) is 13.0. The zero-order valence-corrected chi connectivity index (χ0v) is 11.2. The number of benzene rings is 1. The second-order valence-electron chi connectivity index (χ2n) is 5.16. The predicted octanol–water partition coefficient (Wildman–Crippen LogP) is 1.93. The average Bonchev–Trinajstić information content (AvgIpc) is 2.40. The molecule has 0 aliphatic carbocycles. The number of aliphatic hydroxyl groups is 1. The molecule has 2 rings (SSSR count). The minimum absolute atomic E-state index is 0.406. The van der Waals surface area contributed by atoms with Gasteiger partial charge < -0.3 is 10.4 Å². The number of likely N-dealkylation sites (tertiary alicyclic amines) is 1. The lowest BCUT2D eigenvalue weighted by Gasteiger charge is -2.26. The number of aliphatic hydroxyl groups excluding tert-OH is 1. The summed E-state index contributed by atoms with van der Waals surface area (Å²) in [6.07, 6.45) is 3.61. The number of nitrogens with one attached hydrogen (secondary N) is 1. The Labute approximate surface area is 110 Å². The monoisotopic (exact) mass is 248 g/mol. The first-order valence-electron chi connectivity index (χ1n) is 6.93. The van der Waals surface area contributed by atoms with Crippen molar-refractivity contribution in [2.45, 2.75) is 31.9 Å². The van der Waals surface area contributed by atoms with Crippen LogP contribution < -0.4 is 5.32 Å². The molecule has 1 fully saturated rings. The molecule has 1 aromatic rings. The van der Waals surface area contributed by atoms with Gasteiger partial charge in [-0.1, -0.05) is 30.7 Å². The Hall–Kier alpha value is -0.900. The molecule has 18 heavy (non-hydrogen) atoms. The highest BCUT2D eigenvalue weighted by atomic mass is 16.3. The zero-order valence-electron chi connectivity index (χ0n) is 11.2. The van der Waals surface area contributed by atoms with E-state index in [0.717, 1.165) is 12.1 Å². The van der Waals surface area contributed by atoms with Crippen molar-refractivity contribution in [1.82, 2.24) is 10.2 Å². The van der Waals surface area contributed by atoms with Crippen molar-refractivity contribution in [3.63, 3.8) is 0 Å². The third kappa shape index (κ3) is 3.80. The fourth-order valence-corrected chi connectivity index (χ4v) is 2.59. The molecule has 100 valence electrons. The van der Waals surface area contributed by atoms with Gasteiger partial charge in [-0.25, -0.2) is 0 Å². The van der Waals surface area contributed by atoms with Crippen molar-refractivity contribution in [3.05, 3.63) is 35.4 Å². The molecule has 2 N–H and O–H groups in total. The lowest BCUT2D eigenvalue weighted by atomic mass is 10.0. The standard InChI is InChI=1S/C15H24N2O/c1-16-11-15(18)14-7-5-6-13(10-14)12-17-8-3-2-4-9-17/h5-7,10,15-16,18H,2-4,8-9,11-12H2,1H3. The highest BCUT2D eigenvalue weighted by Crippen LogP contribution is 2.17. The summed E-state index contributed by atoms with van der Waals surface area (Å²) in [5.41, 5.74) is 2.32. The number of hydrogen-bond donors (Lipinski definition) is 2. The van der Waals surface area contributed by atoms with Crippen molar-refractivity contribution in [2.75, 3.05) is 26.7 Å². The molecule has 0 saturated carbocycles.